The molecule has 0 fully saturated rings. The van der Waals surface area contributed by atoms with E-state index in [0.717, 1.165) is 12.1 Å². The predicted octanol–water partition coefficient (Wildman–Crippen LogP) is 2.88. The van der Waals surface area contributed by atoms with Gasteiger partial charge in [0, 0.05) is 10.6 Å². The van der Waals surface area contributed by atoms with Gasteiger partial charge in [0.15, 0.2) is 12.4 Å². The van der Waals surface area contributed by atoms with Gasteiger partial charge in [0.05, 0.1) is 6.07 Å². The molecule has 0 amide bonds. The Kier molecular flexibility index (Phi) is 4.34. The van der Waals surface area contributed by atoms with Crippen LogP contribution in [0.4, 0.5) is 5.88 Å². The van der Waals surface area contributed by atoms with Crippen LogP contribution in [0.15, 0.2) is 40.8 Å². The van der Waals surface area contributed by atoms with Gasteiger partial charge in [0.25, 0.3) is 0 Å². The third-order valence-corrected chi connectivity index (χ3v) is 2.73. The van der Waals surface area contributed by atoms with Gasteiger partial charge >= 0.3 is 11.9 Å². The predicted molar refractivity (Wildman–Crippen MR) is 71.4 cm³/mol. The normalized spacial score (nSPS) is 10.1. The van der Waals surface area contributed by atoms with Crippen molar-refractivity contribution in [2.75, 3.05) is 6.61 Å². The van der Waals surface area contributed by atoms with Crippen LogP contribution >= 0.6 is 11.6 Å². The number of rotatable bonds is 5. The van der Waals surface area contributed by atoms with Gasteiger partial charge in [-0.1, -0.05) is 11.6 Å². The number of ether oxygens (including phenoxy) is 1. The molecule has 7 nitrogen and oxygen atoms in total. The van der Waals surface area contributed by atoms with Crippen LogP contribution in [0.1, 0.15) is 20.9 Å². The van der Waals surface area contributed by atoms with E-state index in [0.29, 0.717) is 10.6 Å². The van der Waals surface area contributed by atoms with Gasteiger partial charge in [-0.3, -0.25) is 14.9 Å². The summed E-state index contributed by atoms with van der Waals surface area (Å²) in [7, 11) is 0. The summed E-state index contributed by atoms with van der Waals surface area (Å²) in [4.78, 5) is 32.9. The lowest BCUT2D eigenvalue weighted by Crippen LogP contribution is -2.13. The van der Waals surface area contributed by atoms with Gasteiger partial charge in [-0.25, -0.2) is 4.79 Å². The van der Waals surface area contributed by atoms with Crippen molar-refractivity contribution < 1.29 is 23.7 Å². The van der Waals surface area contributed by atoms with Crippen LogP contribution in [0.3, 0.4) is 0 Å². The molecule has 0 bridgehead atoms. The van der Waals surface area contributed by atoms with Gasteiger partial charge < -0.3 is 9.15 Å². The molecule has 2 aromatic rings. The number of halogens is 1. The summed E-state index contributed by atoms with van der Waals surface area (Å²) in [6, 6.07) is 8.19. The molecule has 0 spiro atoms. The zero-order valence-electron chi connectivity index (χ0n) is 10.4. The van der Waals surface area contributed by atoms with Crippen LogP contribution in [0.5, 0.6) is 0 Å². The second kappa shape index (κ2) is 6.19. The summed E-state index contributed by atoms with van der Waals surface area (Å²) >= 11 is 5.69. The van der Waals surface area contributed by atoms with Gasteiger partial charge in [0.2, 0.25) is 5.76 Å². The molecule has 8 heteroatoms. The summed E-state index contributed by atoms with van der Waals surface area (Å²) in [5, 5.41) is 10.9. The maximum atomic E-state index is 11.7. The zero-order valence-corrected chi connectivity index (χ0v) is 11.2. The lowest BCUT2D eigenvalue weighted by molar-refractivity contribution is -0.402. The van der Waals surface area contributed by atoms with Crippen LogP contribution in [-0.4, -0.2) is 23.3 Å². The van der Waals surface area contributed by atoms with Crippen LogP contribution in [0, 0.1) is 10.1 Å². The number of furan rings is 1. The third-order valence-electron chi connectivity index (χ3n) is 2.47. The van der Waals surface area contributed by atoms with Gasteiger partial charge in [-0.05, 0) is 30.3 Å². The molecular formula is C13H8ClNO6. The molecular weight excluding hydrogens is 302 g/mol. The van der Waals surface area contributed by atoms with E-state index >= 15 is 0 Å². The quantitative estimate of drug-likeness (QED) is 0.364. The maximum absolute atomic E-state index is 11.7. The van der Waals surface area contributed by atoms with E-state index in [4.69, 9.17) is 16.3 Å². The number of carbonyl (C=O) groups is 2. The highest BCUT2D eigenvalue weighted by molar-refractivity contribution is 6.30. The molecule has 0 aliphatic heterocycles. The molecule has 1 heterocycles. The number of hydrogen-bond donors (Lipinski definition) is 0. The molecule has 1 aromatic carbocycles. The molecule has 108 valence electrons. The number of nitrogens with zero attached hydrogens (tertiary/aromatic N) is 1. The molecule has 0 saturated heterocycles. The van der Waals surface area contributed by atoms with Crippen LogP contribution in [-0.2, 0) is 4.74 Å². The molecule has 2 rings (SSSR count). The maximum Gasteiger partial charge on any atom is 0.433 e. The summed E-state index contributed by atoms with van der Waals surface area (Å²) in [5.41, 5.74) is 0.331. The first-order valence-corrected chi connectivity index (χ1v) is 6.05. The molecule has 1 aromatic heterocycles. The first kappa shape index (κ1) is 14.7. The molecule has 0 aliphatic carbocycles. The highest BCUT2D eigenvalue weighted by Gasteiger charge is 2.19. The highest BCUT2D eigenvalue weighted by Crippen LogP contribution is 2.16. The number of hydrogen-bond acceptors (Lipinski definition) is 6. The highest BCUT2D eigenvalue weighted by atomic mass is 35.5. The second-order valence-electron chi connectivity index (χ2n) is 3.90. The van der Waals surface area contributed by atoms with Gasteiger partial charge in [0.1, 0.15) is 4.92 Å². The average molecular weight is 310 g/mol. The Hall–Kier alpha value is -2.67. The van der Waals surface area contributed by atoms with Crippen LogP contribution in [0.25, 0.3) is 0 Å². The Morgan fingerprint density at radius 3 is 2.43 bits per heavy atom. The Balaban J connectivity index is 1.95. The second-order valence-corrected chi connectivity index (χ2v) is 4.34. The molecule has 0 N–H and O–H groups in total. The largest absolute Gasteiger partial charge is 0.451 e. The van der Waals surface area contributed by atoms with Crippen molar-refractivity contribution in [1.82, 2.24) is 0 Å². The molecule has 0 saturated carbocycles. The number of Topliss-reactive ketones (excluding diaryl/α,β-unsaturated/α-hetero) is 1. The fourth-order valence-corrected chi connectivity index (χ4v) is 1.58. The molecule has 0 atom stereocenters. The number of ketones is 1. The Bertz CT molecular complexity index is 691. The van der Waals surface area contributed by atoms with E-state index < -0.39 is 29.2 Å². The van der Waals surface area contributed by atoms with Gasteiger partial charge in [-0.2, -0.15) is 0 Å². The monoisotopic (exact) mass is 309 g/mol. The SMILES string of the molecule is O=C(COC(=O)c1ccc([N+](=O)[O-])o1)c1ccc(Cl)cc1. The minimum Gasteiger partial charge on any atom is -0.451 e. The first-order chi connectivity index (χ1) is 9.97. The summed E-state index contributed by atoms with van der Waals surface area (Å²) in [5.74, 6) is -2.30. The molecule has 0 radical (unpaired) electrons. The van der Waals surface area contributed by atoms with Crippen molar-refractivity contribution in [3.05, 3.63) is 62.9 Å². The number of carbonyl (C=O) groups excluding carboxylic acids is 2. The standard InChI is InChI=1S/C13H8ClNO6/c14-9-3-1-8(2-4-9)10(16)7-20-13(17)11-5-6-12(21-11)15(18)19/h1-6H,7H2. The summed E-state index contributed by atoms with van der Waals surface area (Å²) < 4.78 is 9.39. The Morgan fingerprint density at radius 2 is 1.86 bits per heavy atom. The average Bonchev–Trinajstić information content (AvgIpc) is 2.95. The lowest BCUT2D eigenvalue weighted by Gasteiger charge is -2.02. The number of esters is 1. The molecule has 0 aliphatic rings. The van der Waals surface area contributed by atoms with Gasteiger partial charge in [-0.15, -0.1) is 0 Å². The van der Waals surface area contributed by atoms with Crippen LogP contribution in [0.2, 0.25) is 5.02 Å². The van der Waals surface area contributed by atoms with E-state index in [-0.39, 0.29) is 5.76 Å². The van der Waals surface area contributed by atoms with Crippen molar-refractivity contribution in [1.29, 1.82) is 0 Å². The van der Waals surface area contributed by atoms with Crippen molar-refractivity contribution in [3.63, 3.8) is 0 Å². The Labute approximate surface area is 123 Å². The topological polar surface area (TPSA) is 99.7 Å². The van der Waals surface area contributed by atoms with Crippen molar-refractivity contribution >= 4 is 29.2 Å². The zero-order chi connectivity index (χ0) is 15.4. The fraction of sp³-hybridized carbons (Fsp3) is 0.0769. The summed E-state index contributed by atoms with van der Waals surface area (Å²) in [6.07, 6.45) is 0. The fourth-order valence-electron chi connectivity index (χ4n) is 1.46. The van der Waals surface area contributed by atoms with E-state index in [1.807, 2.05) is 0 Å². The van der Waals surface area contributed by atoms with Crippen LogP contribution < -0.4 is 0 Å². The lowest BCUT2D eigenvalue weighted by atomic mass is 10.1. The molecule has 0 unspecified atom stereocenters. The van der Waals surface area contributed by atoms with Crippen molar-refractivity contribution in [2.24, 2.45) is 0 Å². The molecule has 21 heavy (non-hydrogen) atoms. The van der Waals surface area contributed by atoms with Crippen molar-refractivity contribution in [3.8, 4) is 0 Å². The van der Waals surface area contributed by atoms with E-state index in [2.05, 4.69) is 4.42 Å². The smallest absolute Gasteiger partial charge is 0.433 e. The van der Waals surface area contributed by atoms with Crippen molar-refractivity contribution in [2.45, 2.75) is 0 Å². The Morgan fingerprint density at radius 1 is 1.19 bits per heavy atom. The third kappa shape index (κ3) is 3.67. The summed E-state index contributed by atoms with van der Waals surface area (Å²) in [6.45, 7) is -0.505. The number of nitro groups is 1. The van der Waals surface area contributed by atoms with E-state index in [9.17, 15) is 19.7 Å². The van der Waals surface area contributed by atoms with E-state index in [1.54, 1.807) is 0 Å². The number of benzene rings is 1. The minimum absolute atomic E-state index is 0.331. The van der Waals surface area contributed by atoms with E-state index in [1.165, 1.54) is 24.3 Å². The first-order valence-electron chi connectivity index (χ1n) is 5.67. The minimum atomic E-state index is -0.953.